The summed E-state index contributed by atoms with van der Waals surface area (Å²) in [5.41, 5.74) is 2.72. The summed E-state index contributed by atoms with van der Waals surface area (Å²) in [6, 6.07) is 3.92. The van der Waals surface area contributed by atoms with E-state index in [-0.39, 0.29) is 5.92 Å². The molecule has 0 radical (unpaired) electrons. The molecule has 0 aromatic carbocycles. The Morgan fingerprint density at radius 1 is 1.09 bits per heavy atom. The van der Waals surface area contributed by atoms with Crippen LogP contribution in [-0.2, 0) is 7.05 Å². The molecule has 1 atom stereocenters. The molecule has 4 aromatic heterocycles. The van der Waals surface area contributed by atoms with Crippen LogP contribution in [0.1, 0.15) is 45.2 Å². The van der Waals surface area contributed by atoms with Crippen molar-refractivity contribution in [3.63, 3.8) is 0 Å². The lowest BCUT2D eigenvalue weighted by Crippen LogP contribution is -2.35. The van der Waals surface area contributed by atoms with Gasteiger partial charge in [0.15, 0.2) is 0 Å². The lowest BCUT2D eigenvalue weighted by Gasteiger charge is -2.30. The van der Waals surface area contributed by atoms with Gasteiger partial charge in [-0.1, -0.05) is 26.0 Å². The molecule has 1 unspecified atom stereocenters. The third kappa shape index (κ3) is 4.35. The van der Waals surface area contributed by atoms with Crippen molar-refractivity contribution in [2.45, 2.75) is 39.5 Å². The van der Waals surface area contributed by atoms with Crippen LogP contribution < -0.4 is 10.2 Å². The molecule has 0 bridgehead atoms. The Bertz CT molecular complexity index is 1280. The first kappa shape index (κ1) is 21.2. The number of aryl methyl sites for hydroxylation is 1. The molecular weight excluding hydrogens is 414 g/mol. The van der Waals surface area contributed by atoms with Gasteiger partial charge in [0.25, 0.3) is 0 Å². The second-order valence-corrected chi connectivity index (χ2v) is 9.16. The van der Waals surface area contributed by atoms with Crippen LogP contribution in [0.4, 0.5) is 17.6 Å². The summed E-state index contributed by atoms with van der Waals surface area (Å²) in [7, 11) is 1.86. The smallest absolute Gasteiger partial charge is 0.227 e. The third-order valence-corrected chi connectivity index (χ3v) is 6.07. The van der Waals surface area contributed by atoms with Crippen molar-refractivity contribution in [1.82, 2.24) is 34.9 Å². The van der Waals surface area contributed by atoms with Crippen LogP contribution in [0, 0.1) is 5.92 Å². The zero-order valence-corrected chi connectivity index (χ0v) is 19.5. The summed E-state index contributed by atoms with van der Waals surface area (Å²) in [5.74, 6) is 3.15. The number of hydrogen-bond acceptors (Lipinski definition) is 8. The summed E-state index contributed by atoms with van der Waals surface area (Å²) < 4.78 is 1.69. The SMILES string of the molecule is CC1CCCN(c2nccc(Nc3cc4c(C(C)C)ncc(-c5cn(C)nn5)c4cn3)n2)C1. The summed E-state index contributed by atoms with van der Waals surface area (Å²) >= 11 is 0. The fourth-order valence-electron chi connectivity index (χ4n) is 4.43. The average Bonchev–Trinajstić information content (AvgIpc) is 3.24. The second-order valence-electron chi connectivity index (χ2n) is 9.16. The maximum absolute atomic E-state index is 4.76. The van der Waals surface area contributed by atoms with Crippen LogP contribution in [-0.4, -0.2) is 48.0 Å². The Morgan fingerprint density at radius 3 is 2.73 bits per heavy atom. The van der Waals surface area contributed by atoms with Crippen molar-refractivity contribution in [3.8, 4) is 11.3 Å². The molecule has 9 heteroatoms. The highest BCUT2D eigenvalue weighted by atomic mass is 15.4. The van der Waals surface area contributed by atoms with E-state index in [9.17, 15) is 0 Å². The molecule has 5 rings (SSSR count). The Kier molecular flexibility index (Phi) is 5.62. The highest BCUT2D eigenvalue weighted by molar-refractivity contribution is 5.97. The first-order valence-corrected chi connectivity index (χ1v) is 11.5. The highest BCUT2D eigenvalue weighted by Crippen LogP contribution is 2.32. The number of piperidine rings is 1. The van der Waals surface area contributed by atoms with Gasteiger partial charge in [0.1, 0.15) is 17.3 Å². The summed E-state index contributed by atoms with van der Waals surface area (Å²) in [6.07, 6.45) is 9.88. The largest absolute Gasteiger partial charge is 0.341 e. The van der Waals surface area contributed by atoms with Gasteiger partial charge in [0.05, 0.1) is 11.9 Å². The first-order valence-electron chi connectivity index (χ1n) is 11.5. The molecule has 4 aromatic rings. The Labute approximate surface area is 193 Å². The van der Waals surface area contributed by atoms with Gasteiger partial charge in [-0.25, -0.2) is 9.97 Å². The molecule has 0 amide bonds. The number of pyridine rings is 2. The fraction of sp³-hybridized carbons (Fsp3) is 0.417. The maximum atomic E-state index is 4.76. The van der Waals surface area contributed by atoms with Crippen molar-refractivity contribution >= 4 is 28.4 Å². The average molecular weight is 444 g/mol. The van der Waals surface area contributed by atoms with Gasteiger partial charge in [-0.2, -0.15) is 4.98 Å². The number of fused-ring (bicyclic) bond motifs is 1. The van der Waals surface area contributed by atoms with Gasteiger partial charge >= 0.3 is 0 Å². The zero-order chi connectivity index (χ0) is 22.9. The van der Waals surface area contributed by atoms with Gasteiger partial charge in [-0.05, 0) is 36.8 Å². The molecule has 1 aliphatic rings. The normalized spacial score (nSPS) is 16.5. The van der Waals surface area contributed by atoms with E-state index >= 15 is 0 Å². The molecule has 170 valence electrons. The van der Waals surface area contributed by atoms with E-state index in [0.717, 1.165) is 58.4 Å². The Morgan fingerprint density at radius 2 is 1.97 bits per heavy atom. The van der Waals surface area contributed by atoms with E-state index in [0.29, 0.717) is 5.92 Å². The number of nitrogens with zero attached hydrogens (tertiary/aromatic N) is 8. The van der Waals surface area contributed by atoms with E-state index in [4.69, 9.17) is 9.97 Å². The predicted octanol–water partition coefficient (Wildman–Crippen LogP) is 4.32. The van der Waals surface area contributed by atoms with Crippen LogP contribution in [0.25, 0.3) is 22.0 Å². The molecule has 1 fully saturated rings. The second kappa shape index (κ2) is 8.73. The quantitative estimate of drug-likeness (QED) is 0.487. The number of rotatable bonds is 5. The lowest BCUT2D eigenvalue weighted by molar-refractivity contribution is 0.442. The van der Waals surface area contributed by atoms with E-state index in [1.807, 2.05) is 37.8 Å². The van der Waals surface area contributed by atoms with Crippen LogP contribution in [0.15, 0.2) is 36.9 Å². The van der Waals surface area contributed by atoms with Gasteiger partial charge in [0, 0.05) is 55.1 Å². The van der Waals surface area contributed by atoms with Crippen molar-refractivity contribution in [3.05, 3.63) is 42.6 Å². The minimum Gasteiger partial charge on any atom is -0.341 e. The lowest BCUT2D eigenvalue weighted by atomic mass is 9.99. The molecule has 1 aliphatic heterocycles. The minimum absolute atomic E-state index is 0.269. The Hall–Kier alpha value is -3.62. The fourth-order valence-corrected chi connectivity index (χ4v) is 4.43. The van der Waals surface area contributed by atoms with Gasteiger partial charge in [-0.15, -0.1) is 5.10 Å². The molecule has 0 spiro atoms. The van der Waals surface area contributed by atoms with E-state index in [1.165, 1.54) is 12.8 Å². The van der Waals surface area contributed by atoms with Crippen molar-refractivity contribution < 1.29 is 0 Å². The highest BCUT2D eigenvalue weighted by Gasteiger charge is 2.19. The van der Waals surface area contributed by atoms with Crippen molar-refractivity contribution in [1.29, 1.82) is 0 Å². The molecule has 33 heavy (non-hydrogen) atoms. The van der Waals surface area contributed by atoms with E-state index in [2.05, 4.69) is 51.3 Å². The summed E-state index contributed by atoms with van der Waals surface area (Å²) in [5, 5.41) is 13.8. The molecule has 9 nitrogen and oxygen atoms in total. The van der Waals surface area contributed by atoms with Gasteiger partial charge < -0.3 is 10.2 Å². The van der Waals surface area contributed by atoms with Gasteiger partial charge in [0.2, 0.25) is 5.95 Å². The predicted molar refractivity (Wildman–Crippen MR) is 130 cm³/mol. The molecule has 1 saturated heterocycles. The topological polar surface area (TPSA) is 97.5 Å². The molecule has 1 N–H and O–H groups in total. The number of aromatic nitrogens is 7. The molecular formula is C24H29N9. The molecule has 0 aliphatic carbocycles. The molecule has 5 heterocycles. The van der Waals surface area contributed by atoms with Crippen molar-refractivity contribution in [2.75, 3.05) is 23.3 Å². The number of nitrogens with one attached hydrogen (secondary N) is 1. The third-order valence-electron chi connectivity index (χ3n) is 6.07. The summed E-state index contributed by atoms with van der Waals surface area (Å²) in [4.78, 5) is 21.0. The number of anilines is 3. The van der Waals surface area contributed by atoms with Crippen LogP contribution >= 0.6 is 0 Å². The van der Waals surface area contributed by atoms with Crippen molar-refractivity contribution in [2.24, 2.45) is 13.0 Å². The Balaban J connectivity index is 1.49. The minimum atomic E-state index is 0.269. The zero-order valence-electron chi connectivity index (χ0n) is 19.5. The van der Waals surface area contributed by atoms with Gasteiger partial charge in [-0.3, -0.25) is 9.67 Å². The van der Waals surface area contributed by atoms with Crippen LogP contribution in [0.2, 0.25) is 0 Å². The summed E-state index contributed by atoms with van der Waals surface area (Å²) in [6.45, 7) is 8.56. The first-order chi connectivity index (χ1) is 16.0. The molecule has 0 saturated carbocycles. The number of hydrogen-bond donors (Lipinski definition) is 1. The van der Waals surface area contributed by atoms with Crippen LogP contribution in [0.3, 0.4) is 0 Å². The standard InChI is InChI=1S/C24H29N9/c1-15(2)23-17-10-22(26-11-18(17)19(12-27-23)20-14-32(4)31-30-20)28-21-7-8-25-24(29-21)33-9-5-6-16(3)13-33/h7-8,10-12,14-16H,5-6,9,13H2,1-4H3,(H,25,26,28,29). The van der Waals surface area contributed by atoms with E-state index < -0.39 is 0 Å². The maximum Gasteiger partial charge on any atom is 0.227 e. The van der Waals surface area contributed by atoms with E-state index in [1.54, 1.807) is 10.9 Å². The monoisotopic (exact) mass is 443 g/mol. The van der Waals surface area contributed by atoms with Crippen LogP contribution in [0.5, 0.6) is 0 Å².